The monoisotopic (exact) mass is 601 g/mol. The van der Waals surface area contributed by atoms with Gasteiger partial charge in [0.05, 0.1) is 11.9 Å². The molecule has 7 nitrogen and oxygen atoms in total. The van der Waals surface area contributed by atoms with Crippen molar-refractivity contribution in [2.75, 3.05) is 23.7 Å². The Balaban J connectivity index is 1.88. The highest BCUT2D eigenvalue weighted by Crippen LogP contribution is 2.28. The second-order valence-corrected chi connectivity index (χ2v) is 12.3. The highest BCUT2D eigenvalue weighted by atomic mass is 35.5. The smallest absolute Gasteiger partial charge is 0.243 e. The van der Waals surface area contributed by atoms with E-state index >= 15 is 0 Å². The summed E-state index contributed by atoms with van der Waals surface area (Å²) in [6, 6.07) is 19.5. The zero-order valence-corrected chi connectivity index (χ0v) is 25.2. The molecule has 3 rings (SSSR count). The molecule has 1 N–H and O–H groups in total. The van der Waals surface area contributed by atoms with Gasteiger partial charge < -0.3 is 10.2 Å². The maximum Gasteiger partial charge on any atom is 0.243 e. The average molecular weight is 602 g/mol. The van der Waals surface area contributed by atoms with E-state index in [1.54, 1.807) is 37.3 Å². The van der Waals surface area contributed by atoms with Gasteiger partial charge in [-0.3, -0.25) is 13.9 Å². The summed E-state index contributed by atoms with van der Waals surface area (Å²) in [7, 11) is -3.66. The molecule has 0 unspecified atom stereocenters. The molecule has 0 saturated carbocycles. The average Bonchev–Trinajstić information content (AvgIpc) is 2.94. The van der Waals surface area contributed by atoms with Crippen LogP contribution in [0.5, 0.6) is 0 Å². The van der Waals surface area contributed by atoms with Crippen LogP contribution in [-0.2, 0) is 32.6 Å². The van der Waals surface area contributed by atoms with Crippen molar-refractivity contribution >= 4 is 39.1 Å². The Kier molecular flexibility index (Phi) is 11.7. The topological polar surface area (TPSA) is 86.8 Å². The predicted molar refractivity (Wildman–Crippen MR) is 162 cm³/mol. The number of nitrogens with one attached hydrogen (secondary N) is 1. The molecule has 0 aliphatic carbocycles. The minimum atomic E-state index is -3.66. The van der Waals surface area contributed by atoms with Crippen LogP contribution in [-0.4, -0.2) is 50.5 Å². The Morgan fingerprint density at radius 3 is 2.29 bits per heavy atom. The van der Waals surface area contributed by atoms with Crippen LogP contribution in [0.25, 0.3) is 0 Å². The molecule has 3 aromatic rings. The van der Waals surface area contributed by atoms with Gasteiger partial charge in [0.2, 0.25) is 21.8 Å². The lowest BCUT2D eigenvalue weighted by atomic mass is 10.0. The standard InChI is InChI=1S/C31H37ClFN3O4S/c1-4-19-34-31(38)29(21-24-10-6-5-7-11-24)35(22-25-15-17-26(33)18-16-25)30(37)14-9-20-36(41(3,39)40)28-13-8-12-27(32)23(28)2/h5-8,10-13,15-18,29H,4,9,14,19-22H2,1-3H3,(H,34,38)/t29-/m0/s1. The van der Waals surface area contributed by atoms with E-state index in [1.807, 2.05) is 37.3 Å². The van der Waals surface area contributed by atoms with E-state index in [0.717, 1.165) is 18.2 Å². The van der Waals surface area contributed by atoms with Crippen molar-refractivity contribution in [3.63, 3.8) is 0 Å². The molecule has 1 atom stereocenters. The van der Waals surface area contributed by atoms with Crippen LogP contribution in [0.1, 0.15) is 42.9 Å². The fourth-order valence-electron chi connectivity index (χ4n) is 4.56. The van der Waals surface area contributed by atoms with Gasteiger partial charge in [-0.25, -0.2) is 12.8 Å². The first-order valence-electron chi connectivity index (χ1n) is 13.6. The Morgan fingerprint density at radius 1 is 0.976 bits per heavy atom. The van der Waals surface area contributed by atoms with Crippen LogP contribution in [0, 0.1) is 12.7 Å². The number of amides is 2. The first kappa shape index (κ1) is 32.1. The summed E-state index contributed by atoms with van der Waals surface area (Å²) in [5.74, 6) is -0.984. The maximum atomic E-state index is 13.8. The Hall–Kier alpha value is -3.43. The number of carbonyl (C=O) groups is 2. The van der Waals surface area contributed by atoms with Crippen LogP contribution in [0.2, 0.25) is 5.02 Å². The minimum absolute atomic E-state index is 0.000818. The minimum Gasteiger partial charge on any atom is -0.354 e. The van der Waals surface area contributed by atoms with Gasteiger partial charge in [-0.05, 0) is 60.7 Å². The Bertz CT molecular complexity index is 1420. The third-order valence-corrected chi connectivity index (χ3v) is 8.34. The fourth-order valence-corrected chi connectivity index (χ4v) is 5.74. The van der Waals surface area contributed by atoms with E-state index in [0.29, 0.717) is 34.8 Å². The summed E-state index contributed by atoms with van der Waals surface area (Å²) in [5, 5.41) is 3.36. The molecule has 0 radical (unpaired) electrons. The molecule has 0 saturated heterocycles. The van der Waals surface area contributed by atoms with Crippen molar-refractivity contribution in [3.8, 4) is 0 Å². The SMILES string of the molecule is CCCNC(=O)[C@H](Cc1ccccc1)N(Cc1ccc(F)cc1)C(=O)CCCN(c1cccc(Cl)c1C)S(C)(=O)=O. The molecule has 0 aliphatic heterocycles. The van der Waals surface area contributed by atoms with E-state index < -0.39 is 21.9 Å². The van der Waals surface area contributed by atoms with Crippen molar-refractivity contribution in [1.82, 2.24) is 10.2 Å². The first-order chi connectivity index (χ1) is 19.5. The Labute approximate surface area is 247 Å². The largest absolute Gasteiger partial charge is 0.354 e. The molecule has 0 aromatic heterocycles. The zero-order valence-electron chi connectivity index (χ0n) is 23.6. The van der Waals surface area contributed by atoms with Crippen LogP contribution < -0.4 is 9.62 Å². The number of benzene rings is 3. The number of hydrogen-bond donors (Lipinski definition) is 1. The normalized spacial score (nSPS) is 12.0. The molecule has 41 heavy (non-hydrogen) atoms. The molecular formula is C31H37ClFN3O4S. The molecule has 10 heteroatoms. The number of carbonyl (C=O) groups excluding carboxylic acids is 2. The zero-order chi connectivity index (χ0) is 30.0. The predicted octanol–water partition coefficient (Wildman–Crippen LogP) is 5.50. The molecule has 0 heterocycles. The summed E-state index contributed by atoms with van der Waals surface area (Å²) in [4.78, 5) is 28.7. The Morgan fingerprint density at radius 2 is 1.66 bits per heavy atom. The highest BCUT2D eigenvalue weighted by molar-refractivity contribution is 7.92. The van der Waals surface area contributed by atoms with Crippen LogP contribution >= 0.6 is 11.6 Å². The van der Waals surface area contributed by atoms with Gasteiger partial charge in [-0.2, -0.15) is 0 Å². The number of nitrogens with zero attached hydrogens (tertiary/aromatic N) is 2. The van der Waals surface area contributed by atoms with E-state index in [9.17, 15) is 22.4 Å². The highest BCUT2D eigenvalue weighted by Gasteiger charge is 2.30. The van der Waals surface area contributed by atoms with Crippen LogP contribution in [0.4, 0.5) is 10.1 Å². The molecule has 3 aromatic carbocycles. The second kappa shape index (κ2) is 15.0. The molecule has 0 fully saturated rings. The number of sulfonamides is 1. The van der Waals surface area contributed by atoms with Gasteiger partial charge >= 0.3 is 0 Å². The number of rotatable bonds is 14. The molecular weight excluding hydrogens is 565 g/mol. The summed E-state index contributed by atoms with van der Waals surface area (Å²) in [6.07, 6.45) is 2.36. The van der Waals surface area contributed by atoms with Crippen LogP contribution in [0.15, 0.2) is 72.8 Å². The van der Waals surface area contributed by atoms with Gasteiger partial charge in [0.15, 0.2) is 0 Å². The van der Waals surface area contributed by atoms with Crippen molar-refractivity contribution in [2.45, 2.75) is 52.1 Å². The van der Waals surface area contributed by atoms with Gasteiger partial charge in [0, 0.05) is 37.5 Å². The van der Waals surface area contributed by atoms with E-state index in [-0.39, 0.29) is 37.7 Å². The van der Waals surface area contributed by atoms with Crippen LogP contribution in [0.3, 0.4) is 0 Å². The second-order valence-electron chi connectivity index (χ2n) is 9.97. The van der Waals surface area contributed by atoms with Gasteiger partial charge in [0.25, 0.3) is 0 Å². The lowest BCUT2D eigenvalue weighted by molar-refractivity contribution is -0.141. The number of anilines is 1. The quantitative estimate of drug-likeness (QED) is 0.264. The molecule has 220 valence electrons. The lowest BCUT2D eigenvalue weighted by Gasteiger charge is -2.32. The third kappa shape index (κ3) is 9.30. The fraction of sp³-hybridized carbons (Fsp3) is 0.355. The van der Waals surface area contributed by atoms with Gasteiger partial charge in [-0.1, -0.05) is 67.1 Å². The van der Waals surface area contributed by atoms with Crippen molar-refractivity contribution in [1.29, 1.82) is 0 Å². The number of halogens is 2. The first-order valence-corrected chi connectivity index (χ1v) is 15.8. The maximum absolute atomic E-state index is 13.8. The third-order valence-electron chi connectivity index (χ3n) is 6.75. The molecule has 2 amide bonds. The van der Waals surface area contributed by atoms with Gasteiger partial charge in [-0.15, -0.1) is 0 Å². The van der Waals surface area contributed by atoms with E-state index in [4.69, 9.17) is 11.6 Å². The molecule has 0 spiro atoms. The summed E-state index contributed by atoms with van der Waals surface area (Å²) < 4.78 is 40.2. The summed E-state index contributed by atoms with van der Waals surface area (Å²) in [5.41, 5.74) is 2.64. The summed E-state index contributed by atoms with van der Waals surface area (Å²) in [6.45, 7) is 4.31. The number of hydrogen-bond acceptors (Lipinski definition) is 4. The van der Waals surface area contributed by atoms with Crippen molar-refractivity contribution < 1.29 is 22.4 Å². The van der Waals surface area contributed by atoms with E-state index in [2.05, 4.69) is 5.32 Å². The van der Waals surface area contributed by atoms with Crippen molar-refractivity contribution in [3.05, 3.63) is 100 Å². The summed E-state index contributed by atoms with van der Waals surface area (Å²) >= 11 is 6.24. The van der Waals surface area contributed by atoms with Crippen molar-refractivity contribution in [2.24, 2.45) is 0 Å². The lowest BCUT2D eigenvalue weighted by Crippen LogP contribution is -2.50. The molecule has 0 bridgehead atoms. The van der Waals surface area contributed by atoms with Gasteiger partial charge in [0.1, 0.15) is 11.9 Å². The van der Waals surface area contributed by atoms with E-state index in [1.165, 1.54) is 21.3 Å². The molecule has 0 aliphatic rings.